The second-order valence-corrected chi connectivity index (χ2v) is 8.14. The van der Waals surface area contributed by atoms with Crippen LogP contribution in [-0.4, -0.2) is 53.8 Å². The van der Waals surface area contributed by atoms with Crippen LogP contribution in [0.25, 0.3) is 0 Å². The number of nitrogens with zero attached hydrogens (tertiary/aromatic N) is 2. The molecule has 0 radical (unpaired) electrons. The summed E-state index contributed by atoms with van der Waals surface area (Å²) in [6, 6.07) is 12.8. The second kappa shape index (κ2) is 11.5. The van der Waals surface area contributed by atoms with Crippen molar-refractivity contribution in [3.63, 3.8) is 0 Å². The SMILES string of the molecule is CCc1ccc(C(=O)NOCC2(C(=O)NCc3ccccn3)CCN(C(=O)CN)CC2)cc1. The highest BCUT2D eigenvalue weighted by atomic mass is 16.7. The fourth-order valence-electron chi connectivity index (χ4n) is 3.80. The number of pyridine rings is 1. The average molecular weight is 454 g/mol. The molecular formula is C24H31N5O4. The molecule has 1 aliphatic rings. The number of aryl methyl sites for hydroxylation is 1. The maximum Gasteiger partial charge on any atom is 0.274 e. The fourth-order valence-corrected chi connectivity index (χ4v) is 3.80. The number of amides is 3. The van der Waals surface area contributed by atoms with Crippen LogP contribution in [0.15, 0.2) is 48.7 Å². The van der Waals surface area contributed by atoms with Crippen molar-refractivity contribution in [2.24, 2.45) is 11.1 Å². The molecule has 0 spiro atoms. The number of carbonyl (C=O) groups excluding carboxylic acids is 3. The van der Waals surface area contributed by atoms with E-state index in [0.29, 0.717) is 31.5 Å². The Kier molecular flexibility index (Phi) is 8.51. The fraction of sp³-hybridized carbons (Fsp3) is 0.417. The number of benzene rings is 1. The molecule has 0 unspecified atom stereocenters. The van der Waals surface area contributed by atoms with Gasteiger partial charge in [-0.2, -0.15) is 0 Å². The zero-order valence-corrected chi connectivity index (χ0v) is 18.9. The molecule has 3 amide bonds. The molecule has 0 aliphatic carbocycles. The normalized spacial score (nSPS) is 15.0. The van der Waals surface area contributed by atoms with Gasteiger partial charge in [0, 0.05) is 24.8 Å². The van der Waals surface area contributed by atoms with E-state index in [1.807, 2.05) is 37.3 Å². The standard InChI is InChI=1S/C24H31N5O4/c1-2-18-6-8-19(9-7-18)22(31)28-33-17-24(10-13-29(14-11-24)21(30)15-25)23(32)27-16-20-5-3-4-12-26-20/h3-9,12H,2,10-11,13-17,25H2,1H3,(H,27,32)(H,28,31). The molecule has 4 N–H and O–H groups in total. The highest BCUT2D eigenvalue weighted by Crippen LogP contribution is 2.32. The number of piperidine rings is 1. The molecule has 9 nitrogen and oxygen atoms in total. The van der Waals surface area contributed by atoms with Gasteiger partial charge in [-0.15, -0.1) is 0 Å². The maximum absolute atomic E-state index is 13.2. The van der Waals surface area contributed by atoms with Gasteiger partial charge in [-0.05, 0) is 49.1 Å². The molecule has 1 fully saturated rings. The highest BCUT2D eigenvalue weighted by molar-refractivity contribution is 5.93. The number of rotatable bonds is 9. The zero-order chi connectivity index (χ0) is 23.7. The lowest BCUT2D eigenvalue weighted by molar-refractivity contribution is -0.145. The molecule has 0 atom stereocenters. The Balaban J connectivity index is 1.63. The van der Waals surface area contributed by atoms with E-state index in [1.54, 1.807) is 23.2 Å². The van der Waals surface area contributed by atoms with Crippen molar-refractivity contribution in [3.8, 4) is 0 Å². The molecule has 0 saturated carbocycles. The van der Waals surface area contributed by atoms with Crippen LogP contribution >= 0.6 is 0 Å². The van der Waals surface area contributed by atoms with Crippen LogP contribution in [0.5, 0.6) is 0 Å². The van der Waals surface area contributed by atoms with Gasteiger partial charge in [0.15, 0.2) is 0 Å². The van der Waals surface area contributed by atoms with Gasteiger partial charge in [0.25, 0.3) is 5.91 Å². The lowest BCUT2D eigenvalue weighted by atomic mass is 9.78. The molecule has 9 heteroatoms. The molecule has 0 bridgehead atoms. The van der Waals surface area contributed by atoms with Gasteiger partial charge in [0.2, 0.25) is 11.8 Å². The minimum Gasteiger partial charge on any atom is -0.350 e. The van der Waals surface area contributed by atoms with E-state index in [0.717, 1.165) is 17.7 Å². The topological polar surface area (TPSA) is 127 Å². The van der Waals surface area contributed by atoms with Crippen LogP contribution in [0.3, 0.4) is 0 Å². The number of nitrogens with one attached hydrogen (secondary N) is 2. The third-order valence-corrected chi connectivity index (χ3v) is 6.02. The third kappa shape index (κ3) is 6.36. The number of hydroxylamine groups is 1. The summed E-state index contributed by atoms with van der Waals surface area (Å²) < 4.78 is 0. The molecule has 176 valence electrons. The summed E-state index contributed by atoms with van der Waals surface area (Å²) >= 11 is 0. The van der Waals surface area contributed by atoms with Gasteiger partial charge >= 0.3 is 0 Å². The lowest BCUT2D eigenvalue weighted by Crippen LogP contribution is -2.53. The Morgan fingerprint density at radius 1 is 1.12 bits per heavy atom. The lowest BCUT2D eigenvalue weighted by Gasteiger charge is -2.40. The molecule has 33 heavy (non-hydrogen) atoms. The first-order chi connectivity index (χ1) is 16.0. The summed E-state index contributed by atoms with van der Waals surface area (Å²) in [5.41, 5.74) is 9.39. The monoisotopic (exact) mass is 453 g/mol. The zero-order valence-electron chi connectivity index (χ0n) is 18.9. The van der Waals surface area contributed by atoms with Gasteiger partial charge in [-0.25, -0.2) is 5.48 Å². The Morgan fingerprint density at radius 2 is 1.85 bits per heavy atom. The number of nitrogens with two attached hydrogens (primary N) is 1. The van der Waals surface area contributed by atoms with Crippen molar-refractivity contribution >= 4 is 17.7 Å². The first-order valence-electron chi connectivity index (χ1n) is 11.1. The minimum absolute atomic E-state index is 0.00943. The average Bonchev–Trinajstić information content (AvgIpc) is 2.87. The van der Waals surface area contributed by atoms with Crippen molar-refractivity contribution in [3.05, 3.63) is 65.5 Å². The predicted molar refractivity (Wildman–Crippen MR) is 123 cm³/mol. The van der Waals surface area contributed by atoms with Crippen molar-refractivity contribution in [2.45, 2.75) is 32.7 Å². The largest absolute Gasteiger partial charge is 0.350 e. The van der Waals surface area contributed by atoms with Crippen LogP contribution in [-0.2, 0) is 27.4 Å². The predicted octanol–water partition coefficient (Wildman–Crippen LogP) is 1.19. The number of aromatic nitrogens is 1. The molecule has 2 heterocycles. The first kappa shape index (κ1) is 24.3. The summed E-state index contributed by atoms with van der Waals surface area (Å²) in [6.45, 7) is 3.03. The van der Waals surface area contributed by atoms with Crippen molar-refractivity contribution in [2.75, 3.05) is 26.2 Å². The molecule has 2 aromatic rings. The number of hydrogen-bond donors (Lipinski definition) is 3. The van der Waals surface area contributed by atoms with Crippen LogP contribution in [0, 0.1) is 5.41 Å². The molecule has 1 saturated heterocycles. The van der Waals surface area contributed by atoms with Gasteiger partial charge in [-0.1, -0.05) is 25.1 Å². The van der Waals surface area contributed by atoms with Crippen molar-refractivity contribution in [1.82, 2.24) is 20.7 Å². The summed E-state index contributed by atoms with van der Waals surface area (Å²) in [5, 5.41) is 2.93. The number of likely N-dealkylation sites (tertiary alicyclic amines) is 1. The summed E-state index contributed by atoms with van der Waals surface area (Å²) in [5.74, 6) is -0.728. The van der Waals surface area contributed by atoms with E-state index in [2.05, 4.69) is 15.8 Å². The van der Waals surface area contributed by atoms with Crippen LogP contribution < -0.4 is 16.5 Å². The van der Waals surface area contributed by atoms with Gasteiger partial charge in [-0.3, -0.25) is 24.2 Å². The molecule has 1 aromatic carbocycles. The van der Waals surface area contributed by atoms with E-state index in [-0.39, 0.29) is 37.4 Å². The molecule has 1 aromatic heterocycles. The van der Waals surface area contributed by atoms with Crippen molar-refractivity contribution in [1.29, 1.82) is 0 Å². The summed E-state index contributed by atoms with van der Waals surface area (Å²) in [6.07, 6.45) is 3.35. The third-order valence-electron chi connectivity index (χ3n) is 6.02. The van der Waals surface area contributed by atoms with Crippen LogP contribution in [0.1, 0.15) is 41.4 Å². The maximum atomic E-state index is 13.2. The molecule has 1 aliphatic heterocycles. The Bertz CT molecular complexity index is 941. The van der Waals surface area contributed by atoms with E-state index in [9.17, 15) is 14.4 Å². The van der Waals surface area contributed by atoms with Crippen LogP contribution in [0.2, 0.25) is 0 Å². The van der Waals surface area contributed by atoms with E-state index in [1.165, 1.54) is 0 Å². The van der Waals surface area contributed by atoms with E-state index < -0.39 is 5.41 Å². The Morgan fingerprint density at radius 3 is 2.45 bits per heavy atom. The van der Waals surface area contributed by atoms with E-state index in [4.69, 9.17) is 10.6 Å². The quantitative estimate of drug-likeness (QED) is 0.490. The van der Waals surface area contributed by atoms with Crippen molar-refractivity contribution < 1.29 is 19.2 Å². The van der Waals surface area contributed by atoms with Crippen LogP contribution in [0.4, 0.5) is 0 Å². The second-order valence-electron chi connectivity index (χ2n) is 8.14. The molecular weight excluding hydrogens is 422 g/mol. The first-order valence-corrected chi connectivity index (χ1v) is 11.1. The van der Waals surface area contributed by atoms with Gasteiger partial charge in [0.05, 0.1) is 30.8 Å². The summed E-state index contributed by atoms with van der Waals surface area (Å²) in [4.78, 5) is 49.0. The summed E-state index contributed by atoms with van der Waals surface area (Å²) in [7, 11) is 0. The Labute approximate surface area is 193 Å². The minimum atomic E-state index is -0.889. The van der Waals surface area contributed by atoms with Gasteiger partial charge in [0.1, 0.15) is 0 Å². The smallest absolute Gasteiger partial charge is 0.274 e. The van der Waals surface area contributed by atoms with Gasteiger partial charge < -0.3 is 16.0 Å². The Hall–Kier alpha value is -3.30. The number of carbonyl (C=O) groups is 3. The molecule has 3 rings (SSSR count). The van der Waals surface area contributed by atoms with E-state index >= 15 is 0 Å². The number of hydrogen-bond acceptors (Lipinski definition) is 6. The highest BCUT2D eigenvalue weighted by Gasteiger charge is 2.42.